The summed E-state index contributed by atoms with van der Waals surface area (Å²) in [5.41, 5.74) is -0.644. The number of ketones is 2. The number of carbonyl (C=O) groups excluding carboxylic acids is 3. The van der Waals surface area contributed by atoms with E-state index in [2.05, 4.69) is 15.9 Å². The molecule has 10 heteroatoms. The Kier molecular flexibility index (Phi) is 4.22. The van der Waals surface area contributed by atoms with E-state index in [1.165, 1.54) is 19.1 Å². The number of Topliss-reactive ketones (excluding diaryl/α,β-unsaturated/α-hetero) is 2. The average molecular weight is 480 g/mol. The number of phenolic OH excluding ortho intramolecular Hbond substituents is 1. The zero-order valence-corrected chi connectivity index (χ0v) is 17.2. The third-order valence-corrected chi connectivity index (χ3v) is 7.08. The van der Waals surface area contributed by atoms with E-state index in [9.17, 15) is 39.9 Å². The third-order valence-electron chi connectivity index (χ3n) is 6.41. The monoisotopic (exact) mass is 479 g/mol. The molecular formula is C20H18BrNO8. The van der Waals surface area contributed by atoms with Crippen LogP contribution in [0.3, 0.4) is 0 Å². The zero-order valence-electron chi connectivity index (χ0n) is 15.6. The molecule has 7 N–H and O–H groups in total. The minimum atomic E-state index is -2.67. The van der Waals surface area contributed by atoms with Crippen LogP contribution in [-0.2, 0) is 20.0 Å². The molecule has 30 heavy (non-hydrogen) atoms. The van der Waals surface area contributed by atoms with E-state index in [4.69, 9.17) is 5.73 Å². The number of aromatic hydroxyl groups is 1. The number of nitrogens with two attached hydrogens (primary N) is 1. The maximum Gasteiger partial charge on any atom is 0.255 e. The Hall–Kier alpha value is -2.69. The number of rotatable bonds is 1. The molecule has 0 saturated heterocycles. The van der Waals surface area contributed by atoms with Crippen molar-refractivity contribution in [3.05, 3.63) is 44.6 Å². The van der Waals surface area contributed by atoms with Gasteiger partial charge >= 0.3 is 0 Å². The summed E-state index contributed by atoms with van der Waals surface area (Å²) in [7, 11) is 0. The van der Waals surface area contributed by atoms with Gasteiger partial charge in [-0.05, 0) is 25.5 Å². The standard InChI is InChI=1S/C20H18BrNO8/c1-19(29)7-4-6-5-10(24)13(18(22)28)17(27)20(6,30)16(26)11(7)15(25)12-9(23)3-2-8(21)14(12)19/h2-3,6-7,23,25,27,29-30H,4-5H2,1H3,(H2,22,28)/t6-,7-,19+,20-/m0/s1. The van der Waals surface area contributed by atoms with E-state index in [0.717, 1.165) is 0 Å². The van der Waals surface area contributed by atoms with Crippen LogP contribution >= 0.6 is 15.9 Å². The SMILES string of the molecule is C[C@]1(O)c2c(Br)ccc(O)c2C(O)=C2C(=O)[C@]3(O)C(O)=C(C(N)=O)C(=O)C[C@@H]3C[C@@H]21. The molecular weight excluding hydrogens is 462 g/mol. The lowest BCUT2D eigenvalue weighted by molar-refractivity contribution is -0.152. The molecule has 0 unspecified atom stereocenters. The minimum Gasteiger partial charge on any atom is -0.508 e. The molecule has 9 nitrogen and oxygen atoms in total. The summed E-state index contributed by atoms with van der Waals surface area (Å²) in [5.74, 6) is -7.74. The summed E-state index contributed by atoms with van der Waals surface area (Å²) < 4.78 is 0.373. The van der Waals surface area contributed by atoms with Crippen molar-refractivity contribution in [1.29, 1.82) is 0 Å². The highest BCUT2D eigenvalue weighted by molar-refractivity contribution is 9.10. The Morgan fingerprint density at radius 2 is 1.83 bits per heavy atom. The maximum absolute atomic E-state index is 13.4. The molecule has 3 aliphatic carbocycles. The minimum absolute atomic E-state index is 0.145. The number of halogens is 1. The van der Waals surface area contributed by atoms with E-state index in [1.54, 1.807) is 0 Å². The number of primary amides is 1. The number of phenols is 1. The Morgan fingerprint density at radius 1 is 1.20 bits per heavy atom. The predicted octanol–water partition coefficient (Wildman–Crippen LogP) is 0.851. The molecule has 1 aromatic rings. The van der Waals surface area contributed by atoms with Crippen LogP contribution in [0.15, 0.2) is 33.5 Å². The molecule has 0 heterocycles. The van der Waals surface area contributed by atoms with Crippen molar-refractivity contribution in [3.8, 4) is 5.75 Å². The van der Waals surface area contributed by atoms with Gasteiger partial charge in [0.05, 0.1) is 11.2 Å². The summed E-state index contributed by atoms with van der Waals surface area (Å²) in [5, 5.41) is 54.2. The van der Waals surface area contributed by atoms with E-state index < -0.39 is 75.3 Å². The van der Waals surface area contributed by atoms with Gasteiger partial charge in [-0.1, -0.05) is 15.9 Å². The number of fused-ring (bicyclic) bond motifs is 3. The van der Waals surface area contributed by atoms with Crippen molar-refractivity contribution in [2.45, 2.75) is 31.0 Å². The Morgan fingerprint density at radius 3 is 2.43 bits per heavy atom. The van der Waals surface area contributed by atoms with Crippen LogP contribution < -0.4 is 5.73 Å². The van der Waals surface area contributed by atoms with Crippen LogP contribution in [0.4, 0.5) is 0 Å². The Balaban J connectivity index is 2.03. The quantitative estimate of drug-likeness (QED) is 0.320. The number of hydrogen-bond acceptors (Lipinski definition) is 8. The van der Waals surface area contributed by atoms with E-state index in [0.29, 0.717) is 4.47 Å². The lowest BCUT2D eigenvalue weighted by atomic mass is 9.56. The van der Waals surface area contributed by atoms with Crippen LogP contribution in [0.1, 0.15) is 30.9 Å². The van der Waals surface area contributed by atoms with Crippen LogP contribution in [0, 0.1) is 11.8 Å². The largest absolute Gasteiger partial charge is 0.508 e. The molecule has 4 rings (SSSR count). The first kappa shape index (κ1) is 20.6. The first-order valence-corrected chi connectivity index (χ1v) is 9.86. The van der Waals surface area contributed by atoms with Gasteiger partial charge in [0, 0.05) is 33.9 Å². The molecule has 0 spiro atoms. The number of carbonyl (C=O) groups is 3. The van der Waals surface area contributed by atoms with Crippen LogP contribution in [0.5, 0.6) is 5.75 Å². The van der Waals surface area contributed by atoms with E-state index in [1.807, 2.05) is 0 Å². The molecule has 1 fully saturated rings. The fourth-order valence-corrected chi connectivity index (χ4v) is 5.68. The molecule has 1 amide bonds. The van der Waals surface area contributed by atoms with Crippen molar-refractivity contribution < 1.29 is 39.9 Å². The van der Waals surface area contributed by atoms with Gasteiger partial charge in [-0.15, -0.1) is 0 Å². The van der Waals surface area contributed by atoms with Crippen LogP contribution in [-0.4, -0.2) is 48.6 Å². The van der Waals surface area contributed by atoms with Crippen molar-refractivity contribution in [2.75, 3.05) is 0 Å². The molecule has 0 aliphatic heterocycles. The van der Waals surface area contributed by atoms with E-state index in [-0.39, 0.29) is 17.5 Å². The smallest absolute Gasteiger partial charge is 0.255 e. The lowest BCUT2D eigenvalue weighted by Crippen LogP contribution is -2.60. The molecule has 1 saturated carbocycles. The van der Waals surface area contributed by atoms with Crippen molar-refractivity contribution in [1.82, 2.24) is 0 Å². The highest BCUT2D eigenvalue weighted by Gasteiger charge is 2.63. The van der Waals surface area contributed by atoms with Gasteiger partial charge in [0.2, 0.25) is 5.78 Å². The molecule has 158 valence electrons. The van der Waals surface area contributed by atoms with Gasteiger partial charge in [-0.2, -0.15) is 0 Å². The summed E-state index contributed by atoms with van der Waals surface area (Å²) in [6, 6.07) is 2.72. The second kappa shape index (κ2) is 6.16. The molecule has 0 radical (unpaired) electrons. The molecule has 0 aromatic heterocycles. The van der Waals surface area contributed by atoms with Gasteiger partial charge in [-0.25, -0.2) is 0 Å². The predicted molar refractivity (Wildman–Crippen MR) is 105 cm³/mol. The average Bonchev–Trinajstić information content (AvgIpc) is 2.64. The van der Waals surface area contributed by atoms with Crippen LogP contribution in [0.25, 0.3) is 5.76 Å². The summed E-state index contributed by atoms with van der Waals surface area (Å²) >= 11 is 3.28. The fourth-order valence-electron chi connectivity index (χ4n) is 4.95. The Labute approximate surface area is 178 Å². The maximum atomic E-state index is 13.4. The molecule has 4 atom stereocenters. The number of benzene rings is 1. The summed E-state index contributed by atoms with van der Waals surface area (Å²) in [6.45, 7) is 1.39. The van der Waals surface area contributed by atoms with Gasteiger partial charge in [0.15, 0.2) is 11.4 Å². The van der Waals surface area contributed by atoms with E-state index >= 15 is 0 Å². The number of aliphatic hydroxyl groups is 4. The Bertz CT molecular complexity index is 1120. The third kappa shape index (κ3) is 2.32. The van der Waals surface area contributed by atoms with Gasteiger partial charge in [0.25, 0.3) is 5.91 Å². The van der Waals surface area contributed by atoms with Gasteiger partial charge < -0.3 is 31.3 Å². The molecule has 0 bridgehead atoms. The van der Waals surface area contributed by atoms with Gasteiger partial charge in [-0.3, -0.25) is 14.4 Å². The number of hydrogen-bond donors (Lipinski definition) is 6. The van der Waals surface area contributed by atoms with Gasteiger partial charge in [0.1, 0.15) is 22.8 Å². The summed E-state index contributed by atoms with van der Waals surface area (Å²) in [4.78, 5) is 37.3. The first-order chi connectivity index (χ1) is 13.8. The van der Waals surface area contributed by atoms with Crippen molar-refractivity contribution in [2.24, 2.45) is 17.6 Å². The molecule has 1 aromatic carbocycles. The highest BCUT2D eigenvalue weighted by Crippen LogP contribution is 2.57. The zero-order chi connectivity index (χ0) is 22.3. The highest BCUT2D eigenvalue weighted by atomic mass is 79.9. The van der Waals surface area contributed by atoms with Crippen molar-refractivity contribution >= 4 is 39.2 Å². The second-order valence-corrected chi connectivity index (χ2v) is 8.88. The first-order valence-electron chi connectivity index (χ1n) is 9.06. The second-order valence-electron chi connectivity index (χ2n) is 8.02. The fraction of sp³-hybridized carbons (Fsp3) is 0.350. The normalized spacial score (nSPS) is 33.2. The van der Waals surface area contributed by atoms with Crippen molar-refractivity contribution in [3.63, 3.8) is 0 Å². The lowest BCUT2D eigenvalue weighted by Gasteiger charge is -2.50. The topological polar surface area (TPSA) is 178 Å². The molecule has 3 aliphatic rings. The number of aliphatic hydroxyl groups excluding tert-OH is 2. The van der Waals surface area contributed by atoms with Crippen LogP contribution in [0.2, 0.25) is 0 Å². The summed E-state index contributed by atoms with van der Waals surface area (Å²) in [6.07, 6.45) is -0.628. The number of amides is 1.